The van der Waals surface area contributed by atoms with Gasteiger partial charge in [-0.05, 0) is 5.92 Å². The molecular formula is C14H28O4. The fourth-order valence-electron chi connectivity index (χ4n) is 1.41. The van der Waals surface area contributed by atoms with Crippen molar-refractivity contribution in [1.82, 2.24) is 0 Å². The number of carbonyl (C=O) groups is 1. The molecule has 0 bridgehead atoms. The fourth-order valence-corrected chi connectivity index (χ4v) is 1.41. The van der Waals surface area contributed by atoms with E-state index in [1.54, 1.807) is 13.8 Å². The lowest BCUT2D eigenvalue weighted by molar-refractivity contribution is -0.153. The highest BCUT2D eigenvalue weighted by Crippen LogP contribution is 2.26. The lowest BCUT2D eigenvalue weighted by Gasteiger charge is -2.32. The molecule has 0 amide bonds. The number of hydrogen-bond donors (Lipinski definition) is 1. The summed E-state index contributed by atoms with van der Waals surface area (Å²) in [5.74, 6) is -0.159. The van der Waals surface area contributed by atoms with Crippen molar-refractivity contribution < 1.29 is 19.4 Å². The Labute approximate surface area is 111 Å². The Morgan fingerprint density at radius 3 is 2.00 bits per heavy atom. The Morgan fingerprint density at radius 2 is 1.72 bits per heavy atom. The zero-order chi connectivity index (χ0) is 14.3. The minimum Gasteiger partial charge on any atom is -0.465 e. The second-order valence-electron chi connectivity index (χ2n) is 6.05. The number of epoxide rings is 1. The lowest BCUT2D eigenvalue weighted by Crippen LogP contribution is -2.38. The predicted octanol–water partition coefficient (Wildman–Crippen LogP) is 2.25. The first-order valence-electron chi connectivity index (χ1n) is 6.61. The van der Waals surface area contributed by atoms with Gasteiger partial charge in [0.2, 0.25) is 0 Å². The smallest absolute Gasteiger partial charge is 0.308 e. The maximum atomic E-state index is 11.3. The molecule has 1 fully saturated rings. The number of hydrogen-bond acceptors (Lipinski definition) is 4. The second kappa shape index (κ2) is 7.74. The van der Waals surface area contributed by atoms with Gasteiger partial charge in [-0.15, -0.1) is 0 Å². The fraction of sp³-hybridized carbons (Fsp3) is 0.929. The van der Waals surface area contributed by atoms with E-state index >= 15 is 0 Å². The molecule has 0 aromatic rings. The molecule has 0 radical (unpaired) electrons. The number of carbonyl (C=O) groups excluding carboxylic acids is 1. The average Bonchev–Trinajstić information content (AvgIpc) is 3.11. The van der Waals surface area contributed by atoms with Gasteiger partial charge >= 0.3 is 5.97 Å². The lowest BCUT2D eigenvalue weighted by atomic mass is 9.81. The molecule has 1 unspecified atom stereocenters. The Hall–Kier alpha value is -0.610. The quantitative estimate of drug-likeness (QED) is 0.608. The molecule has 0 aromatic heterocycles. The summed E-state index contributed by atoms with van der Waals surface area (Å²) in [6.45, 7) is 13.6. The Bertz CT molecular complexity index is 241. The van der Waals surface area contributed by atoms with Gasteiger partial charge in [-0.2, -0.15) is 0 Å². The van der Waals surface area contributed by atoms with Gasteiger partial charge in [0, 0.05) is 5.41 Å². The SMILES string of the molecule is C1CO1.CC(C)C(=O)OCC(C)(C)C(O)C(C)C. The third kappa shape index (κ3) is 7.67. The molecule has 1 N–H and O–H groups in total. The maximum Gasteiger partial charge on any atom is 0.308 e. The van der Waals surface area contributed by atoms with Crippen LogP contribution in [0.5, 0.6) is 0 Å². The number of ether oxygens (including phenoxy) is 2. The molecule has 1 aliphatic rings. The molecule has 1 atom stereocenters. The standard InChI is InChI=1S/C12H24O3.C2H4O/c1-8(2)10(13)12(5,6)7-15-11(14)9(3)4;1-2-3-1/h8-10,13H,7H2,1-6H3;1-2H2. The van der Waals surface area contributed by atoms with Crippen molar-refractivity contribution in [2.24, 2.45) is 17.3 Å². The van der Waals surface area contributed by atoms with Crippen LogP contribution in [0.4, 0.5) is 0 Å². The normalized spacial score (nSPS) is 16.1. The minimum absolute atomic E-state index is 0.114. The molecule has 0 aromatic carbocycles. The van der Waals surface area contributed by atoms with Crippen LogP contribution in [0.25, 0.3) is 0 Å². The minimum atomic E-state index is -0.461. The molecule has 1 saturated heterocycles. The topological polar surface area (TPSA) is 59.1 Å². The van der Waals surface area contributed by atoms with E-state index in [9.17, 15) is 9.90 Å². The first-order chi connectivity index (χ1) is 8.18. The zero-order valence-corrected chi connectivity index (χ0v) is 12.5. The number of esters is 1. The number of aliphatic hydroxyl groups excluding tert-OH is 1. The van der Waals surface area contributed by atoms with Crippen LogP contribution in [-0.2, 0) is 14.3 Å². The van der Waals surface area contributed by atoms with Crippen molar-refractivity contribution >= 4 is 5.97 Å². The largest absolute Gasteiger partial charge is 0.465 e. The molecule has 1 rings (SSSR count). The molecule has 18 heavy (non-hydrogen) atoms. The van der Waals surface area contributed by atoms with E-state index in [-0.39, 0.29) is 24.4 Å². The van der Waals surface area contributed by atoms with Crippen LogP contribution in [0.1, 0.15) is 41.5 Å². The Balaban J connectivity index is 0.000000827. The predicted molar refractivity (Wildman–Crippen MR) is 71.2 cm³/mol. The van der Waals surface area contributed by atoms with Crippen LogP contribution in [0.15, 0.2) is 0 Å². The summed E-state index contributed by atoms with van der Waals surface area (Å²) in [6, 6.07) is 0. The van der Waals surface area contributed by atoms with Crippen molar-refractivity contribution in [2.45, 2.75) is 47.6 Å². The molecule has 4 heteroatoms. The highest BCUT2D eigenvalue weighted by Gasteiger charge is 2.31. The zero-order valence-electron chi connectivity index (χ0n) is 12.5. The number of rotatable bonds is 5. The van der Waals surface area contributed by atoms with Gasteiger partial charge in [0.25, 0.3) is 0 Å². The summed E-state index contributed by atoms with van der Waals surface area (Å²) < 4.78 is 9.64. The van der Waals surface area contributed by atoms with E-state index in [2.05, 4.69) is 4.74 Å². The van der Waals surface area contributed by atoms with Gasteiger partial charge in [-0.3, -0.25) is 4.79 Å². The van der Waals surface area contributed by atoms with Crippen LogP contribution in [-0.4, -0.2) is 37.0 Å². The summed E-state index contributed by atoms with van der Waals surface area (Å²) in [5, 5.41) is 9.91. The highest BCUT2D eigenvalue weighted by molar-refractivity contribution is 5.71. The van der Waals surface area contributed by atoms with Gasteiger partial charge in [0.05, 0.1) is 31.8 Å². The maximum absolute atomic E-state index is 11.3. The molecule has 0 saturated carbocycles. The van der Waals surface area contributed by atoms with E-state index in [1.165, 1.54) is 0 Å². The average molecular weight is 260 g/mol. The summed E-state index contributed by atoms with van der Waals surface area (Å²) in [7, 11) is 0. The Morgan fingerprint density at radius 1 is 1.28 bits per heavy atom. The van der Waals surface area contributed by atoms with E-state index < -0.39 is 11.5 Å². The summed E-state index contributed by atoms with van der Waals surface area (Å²) in [5.41, 5.74) is -0.390. The van der Waals surface area contributed by atoms with Gasteiger partial charge in [0.1, 0.15) is 0 Å². The van der Waals surface area contributed by atoms with Gasteiger partial charge in [-0.25, -0.2) is 0 Å². The van der Waals surface area contributed by atoms with Crippen molar-refractivity contribution in [3.63, 3.8) is 0 Å². The van der Waals surface area contributed by atoms with Gasteiger partial charge < -0.3 is 14.6 Å². The molecule has 108 valence electrons. The molecule has 4 nitrogen and oxygen atoms in total. The highest BCUT2D eigenvalue weighted by atomic mass is 16.6. The molecule has 0 spiro atoms. The summed E-state index contributed by atoms with van der Waals surface area (Å²) in [6.07, 6.45) is -0.461. The molecular weight excluding hydrogens is 232 g/mol. The van der Waals surface area contributed by atoms with Crippen molar-refractivity contribution in [2.75, 3.05) is 19.8 Å². The van der Waals surface area contributed by atoms with Crippen LogP contribution in [0, 0.1) is 17.3 Å². The van der Waals surface area contributed by atoms with Crippen LogP contribution >= 0.6 is 0 Å². The first kappa shape index (κ1) is 17.4. The van der Waals surface area contributed by atoms with Gasteiger partial charge in [0.15, 0.2) is 0 Å². The van der Waals surface area contributed by atoms with Crippen molar-refractivity contribution in [3.05, 3.63) is 0 Å². The number of aliphatic hydroxyl groups is 1. The molecule has 1 aliphatic heterocycles. The van der Waals surface area contributed by atoms with E-state index in [1.807, 2.05) is 27.7 Å². The van der Waals surface area contributed by atoms with Crippen LogP contribution < -0.4 is 0 Å². The van der Waals surface area contributed by atoms with E-state index in [4.69, 9.17) is 4.74 Å². The van der Waals surface area contributed by atoms with Crippen molar-refractivity contribution in [3.8, 4) is 0 Å². The van der Waals surface area contributed by atoms with E-state index in [0.29, 0.717) is 0 Å². The van der Waals surface area contributed by atoms with E-state index in [0.717, 1.165) is 13.2 Å². The Kier molecular flexibility index (Phi) is 7.48. The molecule has 0 aliphatic carbocycles. The van der Waals surface area contributed by atoms with Crippen LogP contribution in [0.2, 0.25) is 0 Å². The van der Waals surface area contributed by atoms with Crippen LogP contribution in [0.3, 0.4) is 0 Å². The molecule has 1 heterocycles. The monoisotopic (exact) mass is 260 g/mol. The van der Waals surface area contributed by atoms with Gasteiger partial charge in [-0.1, -0.05) is 41.5 Å². The third-order valence-corrected chi connectivity index (χ3v) is 2.69. The van der Waals surface area contributed by atoms with Crippen molar-refractivity contribution in [1.29, 1.82) is 0 Å². The first-order valence-corrected chi connectivity index (χ1v) is 6.61. The third-order valence-electron chi connectivity index (χ3n) is 2.69. The summed E-state index contributed by atoms with van der Waals surface area (Å²) in [4.78, 5) is 11.3. The second-order valence-corrected chi connectivity index (χ2v) is 6.05. The summed E-state index contributed by atoms with van der Waals surface area (Å²) >= 11 is 0.